The molecule has 2 aromatic carbocycles. The van der Waals surface area contributed by atoms with Crippen LogP contribution in [0.4, 0.5) is 8.78 Å². The number of nitriles is 1. The van der Waals surface area contributed by atoms with Crippen LogP contribution in [-0.4, -0.2) is 18.0 Å². The van der Waals surface area contributed by atoms with E-state index in [9.17, 15) is 14.0 Å². The van der Waals surface area contributed by atoms with Crippen LogP contribution in [-0.2, 0) is 5.41 Å². The third kappa shape index (κ3) is 5.22. The van der Waals surface area contributed by atoms with E-state index in [0.717, 1.165) is 19.5 Å². The lowest BCUT2D eigenvalue weighted by Gasteiger charge is -2.34. The summed E-state index contributed by atoms with van der Waals surface area (Å²) >= 11 is 0. The molecule has 0 saturated carbocycles. The Morgan fingerprint density at radius 3 is 2.10 bits per heavy atom. The Labute approximate surface area is 174 Å². The first-order valence-corrected chi connectivity index (χ1v) is 10.5. The van der Waals surface area contributed by atoms with Crippen molar-refractivity contribution in [3.8, 4) is 6.07 Å². The first kappa shape index (κ1) is 23.0. The van der Waals surface area contributed by atoms with E-state index < -0.39 is 17.0 Å². The molecular formula is C25H32F2N2. The van der Waals surface area contributed by atoms with E-state index in [1.165, 1.54) is 23.8 Å². The molecule has 0 heterocycles. The van der Waals surface area contributed by atoms with Gasteiger partial charge in [-0.3, -0.25) is 4.90 Å². The minimum absolute atomic E-state index is 0.0874. The number of hydrogen-bond acceptors (Lipinski definition) is 2. The summed E-state index contributed by atoms with van der Waals surface area (Å²) in [5.74, 6) is -1.48. The van der Waals surface area contributed by atoms with Crippen molar-refractivity contribution >= 4 is 0 Å². The molecular weight excluding hydrogens is 366 g/mol. The summed E-state index contributed by atoms with van der Waals surface area (Å²) in [6.07, 6.45) is 2.13. The molecule has 0 fully saturated rings. The van der Waals surface area contributed by atoms with Crippen LogP contribution in [0.3, 0.4) is 0 Å². The highest BCUT2D eigenvalue weighted by Crippen LogP contribution is 2.39. The van der Waals surface area contributed by atoms with Gasteiger partial charge < -0.3 is 0 Å². The van der Waals surface area contributed by atoms with E-state index in [4.69, 9.17) is 0 Å². The van der Waals surface area contributed by atoms with Crippen molar-refractivity contribution in [1.82, 2.24) is 4.90 Å². The van der Waals surface area contributed by atoms with Crippen LogP contribution in [0, 0.1) is 28.9 Å². The fraction of sp³-hybridized carbons (Fsp3) is 0.480. The largest absolute Gasteiger partial charge is 0.297 e. The maximum Gasteiger partial charge on any atom is 0.130 e. The average Bonchev–Trinajstić information content (AvgIpc) is 2.71. The standard InChI is InChI=1S/C25H32F2N2/c1-5-16-29(20(4)21-11-7-6-8-12-21)17-10-15-25(18-28,19(2)3)24-22(26)13-9-14-23(24)27/h6-9,11-14,19-20H,5,10,15-17H2,1-4H3. The summed E-state index contributed by atoms with van der Waals surface area (Å²) in [6.45, 7) is 9.77. The second-order valence-corrected chi connectivity index (χ2v) is 8.06. The van der Waals surface area contributed by atoms with Gasteiger partial charge in [0.05, 0.1) is 11.5 Å². The van der Waals surface area contributed by atoms with Crippen LogP contribution in [0.2, 0.25) is 0 Å². The van der Waals surface area contributed by atoms with Crippen molar-refractivity contribution in [2.75, 3.05) is 13.1 Å². The van der Waals surface area contributed by atoms with E-state index in [0.29, 0.717) is 12.8 Å². The molecule has 0 spiro atoms. The zero-order valence-corrected chi connectivity index (χ0v) is 18.0. The lowest BCUT2D eigenvalue weighted by atomic mass is 9.69. The minimum Gasteiger partial charge on any atom is -0.297 e. The molecule has 2 rings (SSSR count). The van der Waals surface area contributed by atoms with Crippen LogP contribution in [0.15, 0.2) is 48.5 Å². The first-order chi connectivity index (χ1) is 13.9. The predicted octanol–water partition coefficient (Wildman–Crippen LogP) is 6.64. The van der Waals surface area contributed by atoms with Gasteiger partial charge in [-0.05, 0) is 62.9 Å². The molecule has 2 unspecified atom stereocenters. The molecule has 0 saturated heterocycles. The fourth-order valence-corrected chi connectivity index (χ4v) is 4.16. The lowest BCUT2D eigenvalue weighted by Crippen LogP contribution is -2.35. The summed E-state index contributed by atoms with van der Waals surface area (Å²) in [5.41, 5.74) is -0.0179. The van der Waals surface area contributed by atoms with Gasteiger partial charge in [0.1, 0.15) is 11.6 Å². The third-order valence-electron chi connectivity index (χ3n) is 5.95. The molecule has 0 aliphatic carbocycles. The quantitative estimate of drug-likeness (QED) is 0.449. The summed E-state index contributed by atoms with van der Waals surface area (Å²) in [7, 11) is 0. The maximum absolute atomic E-state index is 14.5. The fourth-order valence-electron chi connectivity index (χ4n) is 4.16. The topological polar surface area (TPSA) is 27.0 Å². The number of hydrogen-bond donors (Lipinski definition) is 0. The summed E-state index contributed by atoms with van der Waals surface area (Å²) in [4.78, 5) is 2.38. The van der Waals surface area contributed by atoms with Gasteiger partial charge >= 0.3 is 0 Å². The van der Waals surface area contributed by atoms with Crippen molar-refractivity contribution in [3.63, 3.8) is 0 Å². The Bertz CT molecular complexity index is 793. The van der Waals surface area contributed by atoms with E-state index >= 15 is 0 Å². The zero-order valence-electron chi connectivity index (χ0n) is 18.0. The van der Waals surface area contributed by atoms with E-state index in [1.807, 2.05) is 32.0 Å². The van der Waals surface area contributed by atoms with Crippen LogP contribution >= 0.6 is 0 Å². The molecule has 156 valence electrons. The zero-order chi connectivity index (χ0) is 21.4. The molecule has 0 radical (unpaired) electrons. The molecule has 2 aromatic rings. The Morgan fingerprint density at radius 2 is 1.59 bits per heavy atom. The molecule has 2 nitrogen and oxygen atoms in total. The minimum atomic E-state index is -1.18. The van der Waals surface area contributed by atoms with Crippen LogP contribution < -0.4 is 0 Å². The molecule has 2 atom stereocenters. The second kappa shape index (κ2) is 10.5. The summed E-state index contributed by atoms with van der Waals surface area (Å²) in [5, 5.41) is 10.0. The summed E-state index contributed by atoms with van der Waals surface area (Å²) in [6, 6.07) is 16.7. The van der Waals surface area contributed by atoms with Gasteiger partial charge in [0.2, 0.25) is 0 Å². The molecule has 0 aliphatic heterocycles. The van der Waals surface area contributed by atoms with E-state index in [2.05, 4.69) is 36.9 Å². The predicted molar refractivity (Wildman–Crippen MR) is 114 cm³/mol. The summed E-state index contributed by atoms with van der Waals surface area (Å²) < 4.78 is 29.1. The number of nitrogens with zero attached hydrogens (tertiary/aromatic N) is 2. The highest BCUT2D eigenvalue weighted by molar-refractivity contribution is 5.36. The molecule has 0 aliphatic rings. The Kier molecular flexibility index (Phi) is 8.34. The molecule has 4 heteroatoms. The highest BCUT2D eigenvalue weighted by Gasteiger charge is 2.40. The lowest BCUT2D eigenvalue weighted by molar-refractivity contribution is 0.196. The number of rotatable bonds is 10. The molecule has 29 heavy (non-hydrogen) atoms. The van der Waals surface area contributed by atoms with Crippen LogP contribution in [0.25, 0.3) is 0 Å². The van der Waals surface area contributed by atoms with Crippen molar-refractivity contribution in [1.29, 1.82) is 5.26 Å². The van der Waals surface area contributed by atoms with Gasteiger partial charge in [-0.2, -0.15) is 5.26 Å². The van der Waals surface area contributed by atoms with Crippen LogP contribution in [0.1, 0.15) is 64.1 Å². The normalized spacial score (nSPS) is 14.6. The SMILES string of the molecule is CCCN(CCCC(C#N)(c1c(F)cccc1F)C(C)C)C(C)c1ccccc1. The third-order valence-corrected chi connectivity index (χ3v) is 5.95. The molecule has 0 amide bonds. The second-order valence-electron chi connectivity index (χ2n) is 8.06. The van der Waals surface area contributed by atoms with Crippen molar-refractivity contribution in [2.45, 2.75) is 58.4 Å². The highest BCUT2D eigenvalue weighted by atomic mass is 19.1. The van der Waals surface area contributed by atoms with Gasteiger partial charge in [-0.15, -0.1) is 0 Å². The first-order valence-electron chi connectivity index (χ1n) is 10.5. The Morgan fingerprint density at radius 1 is 0.966 bits per heavy atom. The van der Waals surface area contributed by atoms with Gasteiger partial charge in [-0.1, -0.05) is 57.2 Å². The van der Waals surface area contributed by atoms with Crippen molar-refractivity contribution in [2.24, 2.45) is 5.92 Å². The van der Waals surface area contributed by atoms with Gasteiger partial charge in [0, 0.05) is 11.6 Å². The Hall–Kier alpha value is -2.25. The van der Waals surface area contributed by atoms with Gasteiger partial charge in [0.25, 0.3) is 0 Å². The van der Waals surface area contributed by atoms with Gasteiger partial charge in [-0.25, -0.2) is 8.78 Å². The van der Waals surface area contributed by atoms with E-state index in [-0.39, 0.29) is 17.5 Å². The van der Waals surface area contributed by atoms with Crippen molar-refractivity contribution in [3.05, 3.63) is 71.3 Å². The molecule has 0 N–H and O–H groups in total. The monoisotopic (exact) mass is 398 g/mol. The van der Waals surface area contributed by atoms with Crippen LogP contribution in [0.5, 0.6) is 0 Å². The molecule has 0 bridgehead atoms. The van der Waals surface area contributed by atoms with E-state index in [1.54, 1.807) is 0 Å². The number of benzene rings is 2. The Balaban J connectivity index is 2.21. The van der Waals surface area contributed by atoms with Crippen molar-refractivity contribution < 1.29 is 8.78 Å². The van der Waals surface area contributed by atoms with Gasteiger partial charge in [0.15, 0.2) is 0 Å². The number of halogens is 2. The average molecular weight is 399 g/mol. The molecule has 0 aromatic heterocycles. The maximum atomic E-state index is 14.5. The smallest absolute Gasteiger partial charge is 0.130 e.